The summed E-state index contributed by atoms with van der Waals surface area (Å²) in [6.07, 6.45) is 4.95. The normalized spacial score (nSPS) is 18.7. The topological polar surface area (TPSA) is 53.1 Å². The van der Waals surface area contributed by atoms with Crippen LogP contribution >= 0.6 is 11.6 Å². The van der Waals surface area contributed by atoms with Gasteiger partial charge in [0.05, 0.1) is 0 Å². The Hall–Kier alpha value is -2.41. The standard InChI is InChI=1S/C29H38ClN3O3/c1-23(34)33-19-7-17-31(26-14-20-36-21-15-26)16-6-18-32(22-25-9-3-5-11-28(25)33)29(35)13-12-24-8-2-4-10-27(24)30/h2-5,8-11,26H,6-7,12-22H2,1H3. The molecular weight excluding hydrogens is 474 g/mol. The second-order valence-corrected chi connectivity index (χ2v) is 10.2. The van der Waals surface area contributed by atoms with Crippen LogP contribution in [0.5, 0.6) is 0 Å². The van der Waals surface area contributed by atoms with Gasteiger partial charge < -0.3 is 19.4 Å². The van der Waals surface area contributed by atoms with Gasteiger partial charge in [-0.2, -0.15) is 0 Å². The third kappa shape index (κ3) is 7.09. The van der Waals surface area contributed by atoms with Gasteiger partial charge in [0.25, 0.3) is 0 Å². The summed E-state index contributed by atoms with van der Waals surface area (Å²) in [4.78, 5) is 32.6. The van der Waals surface area contributed by atoms with Crippen molar-refractivity contribution in [1.82, 2.24) is 9.80 Å². The summed E-state index contributed by atoms with van der Waals surface area (Å²) in [7, 11) is 0. The van der Waals surface area contributed by atoms with Crippen LogP contribution in [-0.4, -0.2) is 67.0 Å². The first-order valence-corrected chi connectivity index (χ1v) is 13.6. The number of amides is 2. The molecule has 0 unspecified atom stereocenters. The molecule has 0 spiro atoms. The van der Waals surface area contributed by atoms with Gasteiger partial charge in [-0.3, -0.25) is 9.59 Å². The number of carbonyl (C=O) groups is 2. The van der Waals surface area contributed by atoms with Gasteiger partial charge in [-0.05, 0) is 55.4 Å². The van der Waals surface area contributed by atoms with Gasteiger partial charge in [-0.15, -0.1) is 0 Å². The van der Waals surface area contributed by atoms with E-state index >= 15 is 0 Å². The van der Waals surface area contributed by atoms with E-state index in [1.165, 1.54) is 0 Å². The van der Waals surface area contributed by atoms with Crippen LogP contribution in [0.2, 0.25) is 5.02 Å². The van der Waals surface area contributed by atoms with E-state index in [-0.39, 0.29) is 11.8 Å². The summed E-state index contributed by atoms with van der Waals surface area (Å²) < 4.78 is 5.59. The number of rotatable bonds is 4. The third-order valence-electron chi connectivity index (χ3n) is 7.35. The monoisotopic (exact) mass is 511 g/mol. The molecule has 2 aliphatic heterocycles. The Bertz CT molecular complexity index is 1020. The number of halogens is 1. The van der Waals surface area contributed by atoms with E-state index in [1.54, 1.807) is 6.92 Å². The van der Waals surface area contributed by atoms with Crippen LogP contribution < -0.4 is 4.90 Å². The molecule has 6 nitrogen and oxygen atoms in total. The molecule has 2 heterocycles. The van der Waals surface area contributed by atoms with Gasteiger partial charge in [0.1, 0.15) is 0 Å². The number of nitrogens with zero attached hydrogens (tertiary/aromatic N) is 3. The minimum Gasteiger partial charge on any atom is -0.381 e. The lowest BCUT2D eigenvalue weighted by molar-refractivity contribution is -0.132. The number of hydrogen-bond donors (Lipinski definition) is 0. The summed E-state index contributed by atoms with van der Waals surface area (Å²) in [5.41, 5.74) is 2.92. The zero-order chi connectivity index (χ0) is 25.3. The molecule has 0 atom stereocenters. The molecule has 0 aliphatic carbocycles. The summed E-state index contributed by atoms with van der Waals surface area (Å²) >= 11 is 6.34. The SMILES string of the molecule is CC(=O)N1CCCN(C2CCOCC2)CCCN(C(=O)CCc2ccccc2Cl)Cc2ccccc21. The predicted octanol–water partition coefficient (Wildman–Crippen LogP) is 4.93. The van der Waals surface area contributed by atoms with Crippen molar-refractivity contribution in [2.24, 2.45) is 0 Å². The number of benzene rings is 2. The molecule has 0 N–H and O–H groups in total. The first-order valence-electron chi connectivity index (χ1n) is 13.2. The zero-order valence-electron chi connectivity index (χ0n) is 21.3. The van der Waals surface area contributed by atoms with Crippen molar-refractivity contribution in [3.63, 3.8) is 0 Å². The Morgan fingerprint density at radius 2 is 1.64 bits per heavy atom. The van der Waals surface area contributed by atoms with Crippen LogP contribution in [0.25, 0.3) is 0 Å². The lowest BCUT2D eigenvalue weighted by atomic mass is 10.1. The largest absolute Gasteiger partial charge is 0.381 e. The molecular formula is C29H38ClN3O3. The van der Waals surface area contributed by atoms with Crippen LogP contribution in [0.4, 0.5) is 5.69 Å². The highest BCUT2D eigenvalue weighted by Gasteiger charge is 2.25. The van der Waals surface area contributed by atoms with Crippen molar-refractivity contribution in [2.75, 3.05) is 44.3 Å². The Balaban J connectivity index is 1.55. The smallest absolute Gasteiger partial charge is 0.223 e. The minimum absolute atomic E-state index is 0.0359. The number of fused-ring (bicyclic) bond motifs is 1. The van der Waals surface area contributed by atoms with Crippen molar-refractivity contribution in [3.8, 4) is 0 Å². The molecule has 36 heavy (non-hydrogen) atoms. The van der Waals surface area contributed by atoms with E-state index in [4.69, 9.17) is 16.3 Å². The van der Waals surface area contributed by atoms with Crippen LogP contribution in [0.15, 0.2) is 48.5 Å². The van der Waals surface area contributed by atoms with Gasteiger partial charge in [0, 0.05) is 76.0 Å². The maximum atomic E-state index is 13.5. The Morgan fingerprint density at radius 3 is 2.39 bits per heavy atom. The molecule has 2 aromatic rings. The van der Waals surface area contributed by atoms with E-state index in [9.17, 15) is 9.59 Å². The van der Waals surface area contributed by atoms with Gasteiger partial charge in [-0.25, -0.2) is 0 Å². The first-order chi connectivity index (χ1) is 17.5. The summed E-state index contributed by atoms with van der Waals surface area (Å²) in [5.74, 6) is 0.155. The molecule has 7 heteroatoms. The van der Waals surface area contributed by atoms with E-state index in [0.29, 0.717) is 43.5 Å². The Morgan fingerprint density at radius 1 is 0.944 bits per heavy atom. The Kier molecular flexibility index (Phi) is 9.79. The van der Waals surface area contributed by atoms with Crippen molar-refractivity contribution in [3.05, 3.63) is 64.7 Å². The third-order valence-corrected chi connectivity index (χ3v) is 7.72. The molecule has 194 valence electrons. The molecule has 4 rings (SSSR count). The molecule has 2 aromatic carbocycles. The van der Waals surface area contributed by atoms with Crippen LogP contribution in [0.3, 0.4) is 0 Å². The predicted molar refractivity (Wildman–Crippen MR) is 144 cm³/mol. The fourth-order valence-corrected chi connectivity index (χ4v) is 5.61. The number of para-hydroxylation sites is 1. The molecule has 1 saturated heterocycles. The molecule has 0 radical (unpaired) electrons. The highest BCUT2D eigenvalue weighted by Crippen LogP contribution is 2.25. The van der Waals surface area contributed by atoms with Crippen LogP contribution in [0.1, 0.15) is 50.2 Å². The van der Waals surface area contributed by atoms with Crippen LogP contribution in [-0.2, 0) is 27.3 Å². The second-order valence-electron chi connectivity index (χ2n) is 9.79. The first kappa shape index (κ1) is 26.6. The number of ether oxygens (including phenoxy) is 1. The van der Waals surface area contributed by atoms with Gasteiger partial charge in [0.15, 0.2) is 0 Å². The number of carbonyl (C=O) groups excluding carboxylic acids is 2. The minimum atomic E-state index is 0.0359. The molecule has 2 aliphatic rings. The van der Waals surface area contributed by atoms with Crippen molar-refractivity contribution < 1.29 is 14.3 Å². The average Bonchev–Trinajstić information content (AvgIpc) is 2.88. The molecule has 0 saturated carbocycles. The van der Waals surface area contributed by atoms with Gasteiger partial charge in [0.2, 0.25) is 11.8 Å². The van der Waals surface area contributed by atoms with Gasteiger partial charge in [-0.1, -0.05) is 48.0 Å². The number of hydrogen-bond acceptors (Lipinski definition) is 4. The number of anilines is 1. The van der Waals surface area contributed by atoms with E-state index in [0.717, 1.165) is 68.8 Å². The average molecular weight is 512 g/mol. The Labute approximate surface area is 220 Å². The summed E-state index contributed by atoms with van der Waals surface area (Å²) in [5, 5.41) is 0.702. The summed E-state index contributed by atoms with van der Waals surface area (Å²) in [6, 6.07) is 16.2. The fraction of sp³-hybridized carbons (Fsp3) is 0.517. The quantitative estimate of drug-likeness (QED) is 0.584. The number of aryl methyl sites for hydroxylation is 1. The van der Waals surface area contributed by atoms with Crippen LogP contribution in [0, 0.1) is 0 Å². The second kappa shape index (κ2) is 13.2. The van der Waals surface area contributed by atoms with E-state index < -0.39 is 0 Å². The van der Waals surface area contributed by atoms with Crippen molar-refractivity contribution in [2.45, 2.75) is 58.0 Å². The van der Waals surface area contributed by atoms with Crippen molar-refractivity contribution in [1.29, 1.82) is 0 Å². The fourth-order valence-electron chi connectivity index (χ4n) is 5.38. The molecule has 2 amide bonds. The van der Waals surface area contributed by atoms with E-state index in [1.807, 2.05) is 58.3 Å². The highest BCUT2D eigenvalue weighted by atomic mass is 35.5. The summed E-state index contributed by atoms with van der Waals surface area (Å²) in [6.45, 7) is 6.99. The highest BCUT2D eigenvalue weighted by molar-refractivity contribution is 6.31. The lowest BCUT2D eigenvalue weighted by Crippen LogP contribution is -2.43. The maximum absolute atomic E-state index is 13.5. The molecule has 0 bridgehead atoms. The maximum Gasteiger partial charge on any atom is 0.223 e. The van der Waals surface area contributed by atoms with Gasteiger partial charge >= 0.3 is 0 Å². The van der Waals surface area contributed by atoms with E-state index in [2.05, 4.69) is 4.90 Å². The zero-order valence-corrected chi connectivity index (χ0v) is 22.1. The lowest BCUT2D eigenvalue weighted by Gasteiger charge is -2.36. The molecule has 1 fully saturated rings. The van der Waals surface area contributed by atoms with Crippen molar-refractivity contribution >= 4 is 29.1 Å². The molecule has 0 aromatic heterocycles.